The van der Waals surface area contributed by atoms with Crippen molar-refractivity contribution in [1.29, 1.82) is 0 Å². The van der Waals surface area contributed by atoms with Crippen molar-refractivity contribution in [2.24, 2.45) is 0 Å². The van der Waals surface area contributed by atoms with Crippen molar-refractivity contribution in [3.05, 3.63) is 48.6 Å². The van der Waals surface area contributed by atoms with Crippen LogP contribution in [0.2, 0.25) is 0 Å². The lowest BCUT2D eigenvalue weighted by Crippen LogP contribution is -2.29. The maximum Gasteiger partial charge on any atom is 0.472 e. The van der Waals surface area contributed by atoms with Gasteiger partial charge in [0.05, 0.1) is 19.8 Å². The Bertz CT molecular complexity index is 1060. The zero-order valence-electron chi connectivity index (χ0n) is 34.6. The number of allylic oxidation sites excluding steroid dienone is 8. The summed E-state index contributed by atoms with van der Waals surface area (Å²) in [4.78, 5) is 34.9. The first-order valence-corrected chi connectivity index (χ1v) is 23.1. The molecule has 3 N–H and O–H groups in total. The van der Waals surface area contributed by atoms with E-state index in [-0.39, 0.29) is 19.4 Å². The minimum absolute atomic E-state index is 0.0635. The summed E-state index contributed by atoms with van der Waals surface area (Å²) < 4.78 is 32.6. The monoisotopic (exact) mass is 799 g/mol. The second-order valence-corrected chi connectivity index (χ2v) is 15.8. The van der Waals surface area contributed by atoms with Gasteiger partial charge in [-0.05, 0) is 38.5 Å². The number of esters is 2. The molecule has 0 amide bonds. The first-order valence-electron chi connectivity index (χ1n) is 21.6. The summed E-state index contributed by atoms with van der Waals surface area (Å²) >= 11 is 0. The van der Waals surface area contributed by atoms with Crippen LogP contribution in [0.5, 0.6) is 0 Å². The summed E-state index contributed by atoms with van der Waals surface area (Å²) in [6.45, 7) is 2.19. The summed E-state index contributed by atoms with van der Waals surface area (Å²) in [7, 11) is -4.63. The molecule has 0 aromatic rings. The molecule has 3 atom stereocenters. The van der Waals surface area contributed by atoms with Gasteiger partial charge in [0.2, 0.25) is 0 Å². The number of carbonyl (C=O) groups is 2. The van der Waals surface area contributed by atoms with E-state index in [1.54, 1.807) is 0 Å². The lowest BCUT2D eigenvalue weighted by molar-refractivity contribution is -0.161. The number of hydrogen-bond donors (Lipinski definition) is 3. The molecule has 0 rings (SSSR count). The maximum absolute atomic E-state index is 12.5. The van der Waals surface area contributed by atoms with E-state index in [4.69, 9.17) is 19.1 Å². The van der Waals surface area contributed by atoms with Gasteiger partial charge in [-0.25, -0.2) is 4.57 Å². The number of hydrogen-bond acceptors (Lipinski definition) is 9. The van der Waals surface area contributed by atoms with Crippen LogP contribution in [0.4, 0.5) is 0 Å². The molecule has 55 heavy (non-hydrogen) atoms. The predicted octanol–water partition coefficient (Wildman–Crippen LogP) is 11.3. The summed E-state index contributed by atoms with van der Waals surface area (Å²) in [5, 5.41) is 18.3. The van der Waals surface area contributed by atoms with Crippen LogP contribution >= 0.6 is 7.82 Å². The molecule has 10 nitrogen and oxygen atoms in total. The Morgan fingerprint density at radius 3 is 1.47 bits per heavy atom. The third kappa shape index (κ3) is 39.9. The Balaban J connectivity index is 4.30. The van der Waals surface area contributed by atoms with Gasteiger partial charge in [-0.2, -0.15) is 0 Å². The maximum atomic E-state index is 12.5. The van der Waals surface area contributed by atoms with Crippen molar-refractivity contribution in [3.8, 4) is 0 Å². The van der Waals surface area contributed by atoms with Crippen molar-refractivity contribution < 1.29 is 47.8 Å². The third-order valence-corrected chi connectivity index (χ3v) is 9.96. The van der Waals surface area contributed by atoms with Crippen LogP contribution in [0.1, 0.15) is 181 Å². The lowest BCUT2D eigenvalue weighted by Gasteiger charge is -2.20. The first kappa shape index (κ1) is 52.9. The molecule has 0 bridgehead atoms. The van der Waals surface area contributed by atoms with Crippen molar-refractivity contribution in [3.63, 3.8) is 0 Å². The van der Waals surface area contributed by atoms with Crippen LogP contribution in [0.3, 0.4) is 0 Å². The quantitative estimate of drug-likeness (QED) is 0.0237. The van der Waals surface area contributed by atoms with Crippen molar-refractivity contribution in [1.82, 2.24) is 0 Å². The molecule has 0 spiro atoms. The Morgan fingerprint density at radius 1 is 0.564 bits per heavy atom. The highest BCUT2D eigenvalue weighted by atomic mass is 31.2. The van der Waals surface area contributed by atoms with Gasteiger partial charge >= 0.3 is 19.8 Å². The van der Waals surface area contributed by atoms with Crippen molar-refractivity contribution in [2.75, 3.05) is 26.4 Å². The molecule has 0 heterocycles. The molecule has 0 aromatic carbocycles. The minimum atomic E-state index is -4.63. The lowest BCUT2D eigenvalue weighted by atomic mass is 10.0. The van der Waals surface area contributed by atoms with Crippen LogP contribution in [-0.4, -0.2) is 65.7 Å². The molecule has 320 valence electrons. The number of ether oxygens (including phenoxy) is 2. The van der Waals surface area contributed by atoms with Gasteiger partial charge in [-0.1, -0.05) is 178 Å². The fourth-order valence-corrected chi connectivity index (χ4v) is 6.50. The molecule has 0 saturated heterocycles. The molecular weight excluding hydrogens is 719 g/mol. The number of rotatable bonds is 40. The summed E-state index contributed by atoms with van der Waals surface area (Å²) in [5.41, 5.74) is 0. The predicted molar refractivity (Wildman–Crippen MR) is 224 cm³/mol. The second-order valence-electron chi connectivity index (χ2n) is 14.3. The first-order chi connectivity index (χ1) is 26.7. The van der Waals surface area contributed by atoms with Gasteiger partial charge in [0.1, 0.15) is 12.7 Å². The molecule has 0 saturated carbocycles. The van der Waals surface area contributed by atoms with E-state index < -0.39 is 51.8 Å². The highest BCUT2D eigenvalue weighted by Crippen LogP contribution is 2.43. The summed E-state index contributed by atoms with van der Waals surface area (Å²) in [5.74, 6) is -1.02. The average molecular weight is 799 g/mol. The van der Waals surface area contributed by atoms with E-state index in [9.17, 15) is 24.2 Å². The van der Waals surface area contributed by atoms with Crippen LogP contribution < -0.4 is 0 Å². The van der Waals surface area contributed by atoms with Gasteiger partial charge in [0, 0.05) is 12.8 Å². The molecular formula is C44H79O10P. The Morgan fingerprint density at radius 2 is 1.00 bits per heavy atom. The second kappa shape index (κ2) is 40.1. The SMILES string of the molecule is CC/C=C\C/C=C\C/C=C\C/C=C\CCC(=O)OC(COC(=O)CCCCCCCCCCCCCCCCCCCCC)COP(=O)(O)OCC(O)CO. The number of aliphatic hydroxyl groups excluding tert-OH is 2. The average Bonchev–Trinajstić information content (AvgIpc) is 3.17. The van der Waals surface area contributed by atoms with Gasteiger partial charge in [0.25, 0.3) is 0 Å². The smallest absolute Gasteiger partial charge is 0.462 e. The number of phosphoric acid groups is 1. The molecule has 3 unspecified atom stereocenters. The molecule has 0 aromatic heterocycles. The normalized spacial score (nSPS) is 14.3. The van der Waals surface area contributed by atoms with Crippen molar-refractivity contribution in [2.45, 2.75) is 193 Å². The van der Waals surface area contributed by atoms with E-state index in [0.29, 0.717) is 12.8 Å². The fourth-order valence-electron chi connectivity index (χ4n) is 5.71. The van der Waals surface area contributed by atoms with E-state index in [1.807, 2.05) is 12.2 Å². The number of aliphatic hydroxyl groups is 2. The minimum Gasteiger partial charge on any atom is -0.462 e. The number of carbonyl (C=O) groups excluding carboxylic acids is 2. The summed E-state index contributed by atoms with van der Waals surface area (Å²) in [6, 6.07) is 0. The molecule has 0 aliphatic rings. The molecule has 11 heteroatoms. The number of phosphoric ester groups is 1. The highest BCUT2D eigenvalue weighted by molar-refractivity contribution is 7.47. The van der Waals surface area contributed by atoms with E-state index in [0.717, 1.165) is 44.9 Å². The molecule has 0 radical (unpaired) electrons. The van der Waals surface area contributed by atoms with Gasteiger partial charge in [-0.3, -0.25) is 18.6 Å². The highest BCUT2D eigenvalue weighted by Gasteiger charge is 2.27. The number of unbranched alkanes of at least 4 members (excludes halogenated alkanes) is 18. The van der Waals surface area contributed by atoms with Crippen molar-refractivity contribution >= 4 is 19.8 Å². The zero-order valence-corrected chi connectivity index (χ0v) is 35.5. The summed E-state index contributed by atoms with van der Waals surface area (Å²) in [6.07, 6.45) is 42.5. The Labute approximate surface area is 334 Å². The Kier molecular flexibility index (Phi) is 38.6. The third-order valence-electron chi connectivity index (χ3n) is 9.01. The fraction of sp³-hybridized carbons (Fsp3) is 0.773. The van der Waals surface area contributed by atoms with Crippen LogP contribution in [0.25, 0.3) is 0 Å². The van der Waals surface area contributed by atoms with E-state index in [2.05, 4.69) is 54.8 Å². The molecule has 0 aliphatic heterocycles. The molecule has 0 aliphatic carbocycles. The van der Waals surface area contributed by atoms with Gasteiger partial charge < -0.3 is 24.6 Å². The van der Waals surface area contributed by atoms with Gasteiger partial charge in [-0.15, -0.1) is 0 Å². The van der Waals surface area contributed by atoms with Crippen LogP contribution in [0.15, 0.2) is 48.6 Å². The van der Waals surface area contributed by atoms with E-state index in [1.165, 1.54) is 96.3 Å². The van der Waals surface area contributed by atoms with Crippen LogP contribution in [-0.2, 0) is 32.7 Å². The van der Waals surface area contributed by atoms with Crippen LogP contribution in [0, 0.1) is 0 Å². The standard InChI is InChI=1S/C44H79O10P/c1-3-5-7-9-11-13-15-17-18-19-20-21-22-24-25-27-29-31-33-35-43(47)51-39-42(40-53-55(49,50)52-38-41(46)37-45)54-44(48)36-34-32-30-28-26-23-16-14-12-10-8-6-4-2/h6,8,12,14,23,26,30,32,41-42,45-46H,3-5,7,9-11,13,15-22,24-25,27-29,31,33-40H2,1-2H3,(H,49,50)/b8-6-,14-12-,26-23-,32-30-. The Hall–Kier alpha value is -2.07. The van der Waals surface area contributed by atoms with E-state index >= 15 is 0 Å². The van der Waals surface area contributed by atoms with Gasteiger partial charge in [0.15, 0.2) is 6.10 Å². The largest absolute Gasteiger partial charge is 0.472 e. The zero-order chi connectivity index (χ0) is 40.5. The topological polar surface area (TPSA) is 149 Å². The molecule has 0 fully saturated rings.